The molecule has 3 aromatic carbocycles. The van der Waals surface area contributed by atoms with E-state index in [-0.39, 0.29) is 63.5 Å². The molecule has 3 saturated carbocycles. The average molecular weight is 1440 g/mol. The van der Waals surface area contributed by atoms with E-state index in [2.05, 4.69) is 94.5 Å². The van der Waals surface area contributed by atoms with Crippen LogP contribution in [-0.4, -0.2) is 130 Å². The predicted molar refractivity (Wildman–Crippen MR) is 415 cm³/mol. The van der Waals surface area contributed by atoms with Crippen LogP contribution in [0.1, 0.15) is 284 Å². The highest BCUT2D eigenvalue weighted by Gasteiger charge is 2.53. The topological polar surface area (TPSA) is 221 Å². The highest BCUT2D eigenvalue weighted by molar-refractivity contribution is 5.87. The minimum atomic E-state index is -0.833. The summed E-state index contributed by atoms with van der Waals surface area (Å²) in [5, 5.41) is 23.4. The normalized spacial score (nSPS) is 16.1. The number of carboxylic acid groups (broad SMARTS) is 1. The summed E-state index contributed by atoms with van der Waals surface area (Å²) < 4.78 is 55.5. The summed E-state index contributed by atoms with van der Waals surface area (Å²) in [5.74, 6) is 1.98. The van der Waals surface area contributed by atoms with Gasteiger partial charge in [-0.3, -0.25) is 14.4 Å². The number of rotatable bonds is 30. The van der Waals surface area contributed by atoms with Crippen molar-refractivity contribution < 1.29 is 81.9 Å². The number of aromatic hydroxyl groups is 1. The summed E-state index contributed by atoms with van der Waals surface area (Å²) >= 11 is 0. The number of aliphatic hydroxyl groups excluding tert-OH is 1. The molecule has 3 aliphatic rings. The van der Waals surface area contributed by atoms with Crippen LogP contribution in [-0.2, 0) is 57.1 Å². The first-order valence-corrected chi connectivity index (χ1v) is 37.3. The zero-order valence-corrected chi connectivity index (χ0v) is 68.6. The van der Waals surface area contributed by atoms with Crippen LogP contribution in [0.5, 0.6) is 17.2 Å². The third-order valence-electron chi connectivity index (χ3n) is 20.2. The number of carboxylic acids is 1. The van der Waals surface area contributed by atoms with Crippen LogP contribution in [0.2, 0.25) is 0 Å². The van der Waals surface area contributed by atoms with Crippen LogP contribution in [0.15, 0.2) is 91.5 Å². The van der Waals surface area contributed by atoms with Gasteiger partial charge in [0.1, 0.15) is 34.1 Å². The van der Waals surface area contributed by atoms with Crippen molar-refractivity contribution in [3.05, 3.63) is 108 Å². The Balaban J connectivity index is 0. The number of hydrogen-bond donors (Lipinski definition) is 3. The van der Waals surface area contributed by atoms with Gasteiger partial charge >= 0.3 is 17.9 Å². The van der Waals surface area contributed by atoms with Crippen LogP contribution >= 0.6 is 0 Å². The molecule has 586 valence electrons. The van der Waals surface area contributed by atoms with Crippen LogP contribution in [0.4, 0.5) is 0 Å². The molecule has 0 radical (unpaired) electrons. The molecule has 17 nitrogen and oxygen atoms in total. The molecule has 3 aliphatic carbocycles. The van der Waals surface area contributed by atoms with Crippen molar-refractivity contribution in [1.82, 2.24) is 0 Å². The van der Waals surface area contributed by atoms with Crippen molar-refractivity contribution >= 4 is 30.0 Å². The van der Waals surface area contributed by atoms with Crippen molar-refractivity contribution in [2.75, 3.05) is 61.5 Å². The van der Waals surface area contributed by atoms with E-state index in [1.807, 2.05) is 118 Å². The third-order valence-corrected chi connectivity index (χ3v) is 20.2. The van der Waals surface area contributed by atoms with Crippen LogP contribution in [0.3, 0.4) is 0 Å². The number of benzene rings is 3. The lowest BCUT2D eigenvalue weighted by Crippen LogP contribution is -2.50. The number of phenolic OH excluding ortho intramolecular Hbond substituents is 1. The summed E-state index contributed by atoms with van der Waals surface area (Å²) in [6.07, 6.45) is 17.7. The second-order valence-electron chi connectivity index (χ2n) is 30.3. The Labute approximate surface area is 619 Å². The number of aliphatic carboxylic acids is 1. The first kappa shape index (κ1) is 98.2. The SMILES string of the molecule is C=C(C)C(=O)OC1(C(C)(C)COC)CCCC1.C=Cc1ccc(OC(C)OCC)cc1.CC(=O)O.CCC(C)(C)C(=O)OC1(C(C)(C)COC)CCCC1.CCC(C)(C)C(=O)OC1(C(C)(C)COC)CCCC1.CCC(C)c1ccc(O)cc1.CCOC(C)Oc1ccc(C(C)CC)cc1.CO. The van der Waals surface area contributed by atoms with E-state index in [0.717, 1.165) is 134 Å². The predicted octanol–water partition coefficient (Wildman–Crippen LogP) is 20.7. The molecule has 6 rings (SSSR count). The molecule has 0 spiro atoms. The fraction of sp³-hybridized carbons (Fsp3) is 0.694. The van der Waals surface area contributed by atoms with Crippen LogP contribution < -0.4 is 9.47 Å². The Hall–Kier alpha value is -5.82. The highest BCUT2D eigenvalue weighted by atomic mass is 16.7. The quantitative estimate of drug-likeness (QED) is 0.0244. The second-order valence-corrected chi connectivity index (χ2v) is 30.3. The summed E-state index contributed by atoms with van der Waals surface area (Å²) in [6, 6.07) is 23.4. The number of carbonyl (C=O) groups excluding carboxylic acids is 3. The standard InChI is InChI=1S/2C16H30O3.C14H24O3.C14H22O2.C12H16O2.C10H14O.C2H4O2.CH4O/c2*1-7-14(2,3)13(17)19-16(10-8-9-11-16)15(4,5)12-18-6;1-11(2)12(15)17-14(8-6-7-9-14)13(3,4)10-16-5;1-5-11(3)13-7-9-14(10-8-13)16-12(4)15-6-2;1-4-11-6-8-12(9-7-11)14-10(3)13-5-2;1-3-8(2)9-4-6-10(11)7-5-9;1-2(3)4;1-2/h2*7-12H2,1-6H3;1,6-10H2,2-5H3;7-12H,5-6H2,1-4H3;4,6-10H,1,5H2,2-3H3;4-8,11H,3H2,1-2H3;1H3,(H,3,4);2H,1H3. The summed E-state index contributed by atoms with van der Waals surface area (Å²) in [6.45, 7) is 54.5. The number of hydrogen-bond acceptors (Lipinski definition) is 16. The molecular formula is C85H144O17. The van der Waals surface area contributed by atoms with Gasteiger partial charge in [0.2, 0.25) is 0 Å². The largest absolute Gasteiger partial charge is 0.508 e. The first-order chi connectivity index (χ1) is 47.7. The van der Waals surface area contributed by atoms with Gasteiger partial charge in [-0.1, -0.05) is 139 Å². The van der Waals surface area contributed by atoms with E-state index in [1.54, 1.807) is 46.5 Å². The van der Waals surface area contributed by atoms with Gasteiger partial charge in [0.15, 0.2) is 12.6 Å². The molecule has 3 N–H and O–H groups in total. The second kappa shape index (κ2) is 49.1. The van der Waals surface area contributed by atoms with E-state index < -0.39 is 16.8 Å². The van der Waals surface area contributed by atoms with Gasteiger partial charge in [0, 0.05) is 70.4 Å². The van der Waals surface area contributed by atoms with Gasteiger partial charge in [-0.25, -0.2) is 4.79 Å². The summed E-state index contributed by atoms with van der Waals surface area (Å²) in [4.78, 5) is 45.7. The van der Waals surface area contributed by atoms with Crippen molar-refractivity contribution in [3.8, 4) is 17.2 Å². The Bertz CT molecular complexity index is 2700. The highest BCUT2D eigenvalue weighted by Crippen LogP contribution is 2.50. The number of ether oxygens (including phenoxy) is 10. The molecule has 0 bridgehead atoms. The van der Waals surface area contributed by atoms with E-state index >= 15 is 0 Å². The monoisotopic (exact) mass is 1440 g/mol. The molecule has 4 unspecified atom stereocenters. The zero-order chi connectivity index (χ0) is 78.8. The molecule has 3 fully saturated rings. The van der Waals surface area contributed by atoms with Crippen molar-refractivity contribution in [3.63, 3.8) is 0 Å². The molecule has 4 atom stereocenters. The van der Waals surface area contributed by atoms with E-state index in [1.165, 1.54) is 11.1 Å². The minimum absolute atomic E-state index is 0.0684. The van der Waals surface area contributed by atoms with Gasteiger partial charge in [0.05, 0.1) is 30.7 Å². The number of carbonyl (C=O) groups is 4. The fourth-order valence-electron chi connectivity index (χ4n) is 12.0. The molecule has 0 saturated heterocycles. The molecule has 17 heteroatoms. The molecule has 0 amide bonds. The van der Waals surface area contributed by atoms with E-state index in [0.29, 0.717) is 56.2 Å². The summed E-state index contributed by atoms with van der Waals surface area (Å²) in [7, 11) is 6.11. The lowest BCUT2D eigenvalue weighted by atomic mass is 9.73. The van der Waals surface area contributed by atoms with Crippen molar-refractivity contribution in [2.45, 2.75) is 296 Å². The van der Waals surface area contributed by atoms with Crippen molar-refractivity contribution in [1.29, 1.82) is 0 Å². The Morgan fingerprint density at radius 1 is 0.490 bits per heavy atom. The number of esters is 3. The van der Waals surface area contributed by atoms with Gasteiger partial charge in [-0.2, -0.15) is 0 Å². The lowest BCUT2D eigenvalue weighted by Gasteiger charge is -2.44. The van der Waals surface area contributed by atoms with Crippen LogP contribution in [0.25, 0.3) is 6.08 Å². The van der Waals surface area contributed by atoms with Gasteiger partial charge < -0.3 is 62.7 Å². The van der Waals surface area contributed by atoms with Crippen LogP contribution in [0, 0.1) is 27.1 Å². The van der Waals surface area contributed by atoms with Crippen molar-refractivity contribution in [2.24, 2.45) is 27.1 Å². The maximum Gasteiger partial charge on any atom is 0.333 e. The molecule has 0 aromatic heterocycles. The maximum absolute atomic E-state index is 12.4. The van der Waals surface area contributed by atoms with E-state index in [9.17, 15) is 14.4 Å². The first-order valence-electron chi connectivity index (χ1n) is 37.3. The van der Waals surface area contributed by atoms with Gasteiger partial charge in [0.25, 0.3) is 5.97 Å². The fourth-order valence-corrected chi connectivity index (χ4v) is 12.0. The van der Waals surface area contributed by atoms with E-state index in [4.69, 9.17) is 67.5 Å². The average Bonchev–Trinajstić information content (AvgIpc) is 1.53. The van der Waals surface area contributed by atoms with Gasteiger partial charge in [-0.05, 0) is 230 Å². The number of methoxy groups -OCH3 is 3. The third kappa shape index (κ3) is 34.0. The molecule has 0 aliphatic heterocycles. The number of aliphatic hydroxyl groups is 1. The molecular weight excluding hydrogens is 1290 g/mol. The molecule has 3 aromatic rings. The molecule has 0 heterocycles. The summed E-state index contributed by atoms with van der Waals surface area (Å²) in [5.41, 5.74) is 1.85. The Kier molecular flexibility index (Phi) is 47.2. The maximum atomic E-state index is 12.4. The minimum Gasteiger partial charge on any atom is -0.508 e. The number of phenols is 1. The lowest BCUT2D eigenvalue weighted by molar-refractivity contribution is -0.189. The smallest absolute Gasteiger partial charge is 0.333 e. The molecule has 102 heavy (non-hydrogen) atoms. The van der Waals surface area contributed by atoms with Gasteiger partial charge in [-0.15, -0.1) is 0 Å². The Morgan fingerprint density at radius 3 is 1.01 bits per heavy atom. The Morgan fingerprint density at radius 2 is 0.765 bits per heavy atom. The zero-order valence-electron chi connectivity index (χ0n) is 68.6.